The monoisotopic (exact) mass is 259 g/mol. The molecule has 0 aromatic heterocycles. The van der Waals surface area contributed by atoms with E-state index >= 15 is 0 Å². The maximum absolute atomic E-state index is 10.1. The van der Waals surface area contributed by atoms with E-state index in [2.05, 4.69) is 18.3 Å². The quantitative estimate of drug-likeness (QED) is 0.837. The van der Waals surface area contributed by atoms with Crippen molar-refractivity contribution in [1.82, 2.24) is 5.32 Å². The van der Waals surface area contributed by atoms with Gasteiger partial charge in [0.2, 0.25) is 0 Å². The molecule has 2 rings (SSSR count). The average molecular weight is 259 g/mol. The van der Waals surface area contributed by atoms with E-state index in [0.29, 0.717) is 24.9 Å². The van der Waals surface area contributed by atoms with Crippen molar-refractivity contribution < 1.29 is 9.84 Å². The minimum Gasteiger partial charge on any atom is -0.508 e. The Morgan fingerprint density at radius 1 is 1.21 bits per heavy atom. The molecule has 3 heteroatoms. The molecule has 0 aliphatic carbocycles. The Balaban J connectivity index is 2.22. The van der Waals surface area contributed by atoms with Crippen molar-refractivity contribution in [2.75, 3.05) is 13.7 Å². The number of fused-ring (bicyclic) bond motifs is 1. The first-order valence-corrected chi connectivity index (χ1v) is 6.68. The minimum atomic E-state index is 0.309. The third kappa shape index (κ3) is 3.25. The summed E-state index contributed by atoms with van der Waals surface area (Å²) < 4.78 is 5.18. The first-order valence-electron chi connectivity index (χ1n) is 6.68. The summed E-state index contributed by atoms with van der Waals surface area (Å²) in [7, 11) is 1.71. The fraction of sp³-hybridized carbons (Fsp3) is 0.375. The molecule has 0 saturated heterocycles. The average Bonchev–Trinajstić information content (AvgIpc) is 2.45. The molecule has 0 aliphatic rings. The smallest absolute Gasteiger partial charge is 0.120 e. The van der Waals surface area contributed by atoms with Gasteiger partial charge in [-0.3, -0.25) is 0 Å². The van der Waals surface area contributed by atoms with Crippen LogP contribution >= 0.6 is 0 Å². The summed E-state index contributed by atoms with van der Waals surface area (Å²) in [5.41, 5.74) is 0.952. The van der Waals surface area contributed by atoms with Crippen LogP contribution in [0.25, 0.3) is 10.8 Å². The molecule has 2 aromatic rings. The van der Waals surface area contributed by atoms with E-state index in [1.807, 2.05) is 24.3 Å². The second-order valence-electron chi connectivity index (χ2n) is 4.73. The van der Waals surface area contributed by atoms with Crippen molar-refractivity contribution in [3.63, 3.8) is 0 Å². The number of benzene rings is 2. The summed E-state index contributed by atoms with van der Waals surface area (Å²) in [4.78, 5) is 0. The molecule has 3 nitrogen and oxygen atoms in total. The van der Waals surface area contributed by atoms with Gasteiger partial charge in [-0.25, -0.2) is 0 Å². The lowest BCUT2D eigenvalue weighted by molar-refractivity contribution is 0.163. The molecular weight excluding hydrogens is 238 g/mol. The Morgan fingerprint density at radius 3 is 2.74 bits per heavy atom. The lowest BCUT2D eigenvalue weighted by Gasteiger charge is -2.17. The number of hydrogen-bond donors (Lipinski definition) is 2. The molecule has 1 unspecified atom stereocenters. The normalized spacial score (nSPS) is 12.7. The maximum atomic E-state index is 10.1. The highest BCUT2D eigenvalue weighted by molar-refractivity contribution is 5.87. The standard InChI is InChI=1S/C16H21NO2/c1-3-13(11-19-2)17-10-15-14-7-5-4-6-12(14)8-9-16(15)18/h4-9,13,17-18H,3,10-11H2,1-2H3. The topological polar surface area (TPSA) is 41.5 Å². The number of ether oxygens (including phenoxy) is 1. The molecular formula is C16H21NO2. The number of rotatable bonds is 6. The van der Waals surface area contributed by atoms with Gasteiger partial charge in [0.05, 0.1) is 6.61 Å². The van der Waals surface area contributed by atoms with Gasteiger partial charge in [-0.05, 0) is 23.3 Å². The van der Waals surface area contributed by atoms with Crippen LogP contribution in [0.4, 0.5) is 0 Å². The molecule has 0 saturated carbocycles. The largest absolute Gasteiger partial charge is 0.508 e. The maximum Gasteiger partial charge on any atom is 0.120 e. The molecule has 1 atom stereocenters. The van der Waals surface area contributed by atoms with Gasteiger partial charge in [0.15, 0.2) is 0 Å². The molecule has 0 fully saturated rings. The van der Waals surface area contributed by atoms with Crippen LogP contribution in [-0.2, 0) is 11.3 Å². The summed E-state index contributed by atoms with van der Waals surface area (Å²) in [5, 5.41) is 15.7. The Bertz CT molecular complexity index is 539. The number of aromatic hydroxyl groups is 1. The number of nitrogens with one attached hydrogen (secondary N) is 1. The number of methoxy groups -OCH3 is 1. The van der Waals surface area contributed by atoms with E-state index in [1.54, 1.807) is 13.2 Å². The van der Waals surface area contributed by atoms with Crippen molar-refractivity contribution in [2.45, 2.75) is 25.9 Å². The van der Waals surface area contributed by atoms with E-state index in [4.69, 9.17) is 4.74 Å². The fourth-order valence-electron chi connectivity index (χ4n) is 2.28. The summed E-state index contributed by atoms with van der Waals surface area (Å²) in [5.74, 6) is 0.346. The van der Waals surface area contributed by atoms with Crippen molar-refractivity contribution >= 4 is 10.8 Å². The molecule has 2 aromatic carbocycles. The van der Waals surface area contributed by atoms with Crippen molar-refractivity contribution in [3.05, 3.63) is 42.0 Å². The molecule has 0 aliphatic heterocycles. The van der Waals surface area contributed by atoms with Crippen LogP contribution in [0.2, 0.25) is 0 Å². The van der Waals surface area contributed by atoms with Gasteiger partial charge in [-0.15, -0.1) is 0 Å². The van der Waals surface area contributed by atoms with Crippen LogP contribution in [0.1, 0.15) is 18.9 Å². The first kappa shape index (κ1) is 13.8. The van der Waals surface area contributed by atoms with Gasteiger partial charge in [-0.1, -0.05) is 37.3 Å². The molecule has 19 heavy (non-hydrogen) atoms. The Kier molecular flexibility index (Phi) is 4.77. The highest BCUT2D eigenvalue weighted by atomic mass is 16.5. The Labute approximate surface area is 114 Å². The molecule has 0 bridgehead atoms. The van der Waals surface area contributed by atoms with Crippen LogP contribution in [0.3, 0.4) is 0 Å². The van der Waals surface area contributed by atoms with Crippen LogP contribution in [0.5, 0.6) is 5.75 Å². The second kappa shape index (κ2) is 6.55. The van der Waals surface area contributed by atoms with Gasteiger partial charge >= 0.3 is 0 Å². The number of hydrogen-bond acceptors (Lipinski definition) is 3. The van der Waals surface area contributed by atoms with E-state index in [0.717, 1.165) is 22.8 Å². The van der Waals surface area contributed by atoms with E-state index < -0.39 is 0 Å². The van der Waals surface area contributed by atoms with Crippen LogP contribution < -0.4 is 5.32 Å². The van der Waals surface area contributed by atoms with Crippen molar-refractivity contribution in [3.8, 4) is 5.75 Å². The first-order chi connectivity index (χ1) is 9.26. The number of phenolic OH excluding ortho intramolecular Hbond substituents is 1. The molecule has 0 heterocycles. The van der Waals surface area contributed by atoms with Gasteiger partial charge in [0.1, 0.15) is 5.75 Å². The van der Waals surface area contributed by atoms with Crippen molar-refractivity contribution in [2.24, 2.45) is 0 Å². The number of phenols is 1. The predicted molar refractivity (Wildman–Crippen MR) is 78.4 cm³/mol. The summed E-state index contributed by atoms with van der Waals surface area (Å²) >= 11 is 0. The molecule has 102 valence electrons. The highest BCUT2D eigenvalue weighted by Gasteiger charge is 2.10. The third-order valence-electron chi connectivity index (χ3n) is 3.44. The SMILES string of the molecule is CCC(COC)NCc1c(O)ccc2ccccc12. The van der Waals surface area contributed by atoms with Gasteiger partial charge in [0.25, 0.3) is 0 Å². The summed E-state index contributed by atoms with van der Waals surface area (Å²) in [6, 6.07) is 12.1. The molecule has 2 N–H and O–H groups in total. The zero-order chi connectivity index (χ0) is 13.7. The zero-order valence-electron chi connectivity index (χ0n) is 11.5. The highest BCUT2D eigenvalue weighted by Crippen LogP contribution is 2.26. The molecule has 0 radical (unpaired) electrons. The lowest BCUT2D eigenvalue weighted by atomic mass is 10.0. The van der Waals surface area contributed by atoms with E-state index in [-0.39, 0.29) is 0 Å². The van der Waals surface area contributed by atoms with Gasteiger partial charge < -0.3 is 15.2 Å². The second-order valence-corrected chi connectivity index (χ2v) is 4.73. The Hall–Kier alpha value is -1.58. The van der Waals surface area contributed by atoms with E-state index in [1.165, 1.54) is 0 Å². The third-order valence-corrected chi connectivity index (χ3v) is 3.44. The van der Waals surface area contributed by atoms with Crippen LogP contribution in [0.15, 0.2) is 36.4 Å². The van der Waals surface area contributed by atoms with Gasteiger partial charge in [0, 0.05) is 25.3 Å². The minimum absolute atomic E-state index is 0.309. The molecule has 0 amide bonds. The lowest BCUT2D eigenvalue weighted by Crippen LogP contribution is -2.32. The van der Waals surface area contributed by atoms with Crippen LogP contribution in [-0.4, -0.2) is 24.9 Å². The molecule has 0 spiro atoms. The summed E-state index contributed by atoms with van der Waals surface area (Å²) in [6.45, 7) is 3.46. The van der Waals surface area contributed by atoms with Crippen molar-refractivity contribution in [1.29, 1.82) is 0 Å². The zero-order valence-corrected chi connectivity index (χ0v) is 11.5. The predicted octanol–water partition coefficient (Wildman–Crippen LogP) is 3.06. The van der Waals surface area contributed by atoms with Gasteiger partial charge in [-0.2, -0.15) is 0 Å². The summed E-state index contributed by atoms with van der Waals surface area (Å²) in [6.07, 6.45) is 0.999. The fourth-order valence-corrected chi connectivity index (χ4v) is 2.28. The van der Waals surface area contributed by atoms with E-state index in [9.17, 15) is 5.11 Å². The Morgan fingerprint density at radius 2 is 2.00 bits per heavy atom. The van der Waals surface area contributed by atoms with Crippen LogP contribution in [0, 0.1) is 0 Å².